The summed E-state index contributed by atoms with van der Waals surface area (Å²) in [4.78, 5) is 28.8. The van der Waals surface area contributed by atoms with Crippen molar-refractivity contribution in [2.24, 2.45) is 5.92 Å². The maximum atomic E-state index is 12.7. The first-order chi connectivity index (χ1) is 11.9. The lowest BCUT2D eigenvalue weighted by Gasteiger charge is -2.53. The normalized spacial score (nSPS) is 24.6. The second-order valence-electron chi connectivity index (χ2n) is 7.49. The smallest absolute Gasteiger partial charge is 0.254 e. The Morgan fingerprint density at radius 2 is 1.92 bits per heavy atom. The Labute approximate surface area is 149 Å². The van der Waals surface area contributed by atoms with Gasteiger partial charge in [0.15, 0.2) is 6.10 Å². The quantitative estimate of drug-likeness (QED) is 0.789. The van der Waals surface area contributed by atoms with E-state index >= 15 is 0 Å². The van der Waals surface area contributed by atoms with Crippen molar-refractivity contribution >= 4 is 11.8 Å². The number of aryl methyl sites for hydroxylation is 1. The topological polar surface area (TPSA) is 49.9 Å². The third-order valence-corrected chi connectivity index (χ3v) is 5.51. The molecule has 0 aromatic heterocycles. The summed E-state index contributed by atoms with van der Waals surface area (Å²) in [5, 5.41) is 0. The van der Waals surface area contributed by atoms with Crippen LogP contribution < -0.4 is 0 Å². The summed E-state index contributed by atoms with van der Waals surface area (Å²) in [7, 11) is 1.61. The number of likely N-dealkylation sites (tertiary alicyclic amines) is 2. The van der Waals surface area contributed by atoms with Crippen LogP contribution >= 0.6 is 0 Å². The molecule has 2 amide bonds. The third-order valence-electron chi connectivity index (χ3n) is 5.51. The number of benzene rings is 1. The van der Waals surface area contributed by atoms with Gasteiger partial charge in [-0.05, 0) is 51.7 Å². The average molecular weight is 344 g/mol. The van der Waals surface area contributed by atoms with Crippen molar-refractivity contribution in [3.63, 3.8) is 0 Å². The molecule has 2 saturated heterocycles. The largest absolute Gasteiger partial charge is 0.369 e. The Kier molecular flexibility index (Phi) is 5.13. The van der Waals surface area contributed by atoms with Gasteiger partial charge in [-0.1, -0.05) is 17.7 Å². The maximum Gasteiger partial charge on any atom is 0.254 e. The molecule has 0 saturated carbocycles. The number of hydrogen-bond acceptors (Lipinski definition) is 3. The van der Waals surface area contributed by atoms with Gasteiger partial charge in [-0.2, -0.15) is 0 Å². The summed E-state index contributed by atoms with van der Waals surface area (Å²) in [5.74, 6) is 0.600. The molecule has 2 fully saturated rings. The molecule has 5 heteroatoms. The molecule has 2 aliphatic heterocycles. The predicted molar refractivity (Wildman–Crippen MR) is 96.4 cm³/mol. The van der Waals surface area contributed by atoms with Crippen molar-refractivity contribution in [2.75, 3.05) is 20.2 Å². The first kappa shape index (κ1) is 17.9. The fourth-order valence-corrected chi connectivity index (χ4v) is 4.22. The van der Waals surface area contributed by atoms with Crippen molar-refractivity contribution in [3.05, 3.63) is 35.4 Å². The fourth-order valence-electron chi connectivity index (χ4n) is 4.22. The lowest BCUT2D eigenvalue weighted by molar-refractivity contribution is -0.181. The van der Waals surface area contributed by atoms with Gasteiger partial charge in [0.2, 0.25) is 0 Å². The minimum atomic E-state index is -0.313. The van der Waals surface area contributed by atoms with Gasteiger partial charge < -0.3 is 14.5 Å². The molecule has 0 bridgehead atoms. The van der Waals surface area contributed by atoms with E-state index in [1.165, 1.54) is 0 Å². The Morgan fingerprint density at radius 1 is 1.24 bits per heavy atom. The van der Waals surface area contributed by atoms with E-state index in [4.69, 9.17) is 4.74 Å². The molecule has 2 atom stereocenters. The van der Waals surface area contributed by atoms with Crippen molar-refractivity contribution < 1.29 is 14.3 Å². The summed E-state index contributed by atoms with van der Waals surface area (Å²) in [6, 6.07) is 8.10. The monoisotopic (exact) mass is 344 g/mol. The zero-order valence-electron chi connectivity index (χ0n) is 15.6. The Bertz CT molecular complexity index is 650. The zero-order chi connectivity index (χ0) is 18.1. The molecule has 1 aromatic rings. The van der Waals surface area contributed by atoms with E-state index in [-0.39, 0.29) is 30.0 Å². The van der Waals surface area contributed by atoms with Gasteiger partial charge >= 0.3 is 0 Å². The highest BCUT2D eigenvalue weighted by Gasteiger charge is 2.52. The van der Waals surface area contributed by atoms with E-state index in [2.05, 4.69) is 0 Å². The summed E-state index contributed by atoms with van der Waals surface area (Å²) in [6.07, 6.45) is 1.52. The van der Waals surface area contributed by atoms with Crippen LogP contribution in [0.15, 0.2) is 24.3 Å². The first-order valence-corrected chi connectivity index (χ1v) is 9.15. The minimum Gasteiger partial charge on any atom is -0.369 e. The number of piperidine rings is 1. The highest BCUT2D eigenvalue weighted by molar-refractivity contribution is 5.94. The number of methoxy groups -OCH3 is 1. The standard InChI is InChI=1S/C20H28N2O3/c1-13(2)22-17(18(25-4)20(22)24)15-8-10-21(11-9-15)19(23)16-7-5-6-14(3)12-16/h5-7,12-13,15,17-18H,8-11H2,1-4H3/t17-,18+/m0/s1. The van der Waals surface area contributed by atoms with Crippen molar-refractivity contribution in [1.82, 2.24) is 9.80 Å². The summed E-state index contributed by atoms with van der Waals surface area (Å²) in [5.41, 5.74) is 1.86. The van der Waals surface area contributed by atoms with E-state index in [0.717, 1.165) is 37.1 Å². The molecule has 5 nitrogen and oxygen atoms in total. The number of amides is 2. The van der Waals surface area contributed by atoms with Gasteiger partial charge in [0.1, 0.15) is 0 Å². The lowest BCUT2D eigenvalue weighted by Crippen LogP contribution is -2.70. The van der Waals surface area contributed by atoms with E-state index in [9.17, 15) is 9.59 Å². The predicted octanol–water partition coefficient (Wildman–Crippen LogP) is 2.48. The Balaban J connectivity index is 1.63. The number of rotatable bonds is 4. The van der Waals surface area contributed by atoms with Crippen molar-refractivity contribution in [1.29, 1.82) is 0 Å². The van der Waals surface area contributed by atoms with Gasteiger partial charge in [-0.15, -0.1) is 0 Å². The van der Waals surface area contributed by atoms with Crippen LogP contribution in [-0.2, 0) is 9.53 Å². The van der Waals surface area contributed by atoms with Crippen LogP contribution in [0.2, 0.25) is 0 Å². The molecule has 25 heavy (non-hydrogen) atoms. The van der Waals surface area contributed by atoms with E-state index < -0.39 is 0 Å². The highest BCUT2D eigenvalue weighted by atomic mass is 16.5. The van der Waals surface area contributed by atoms with E-state index in [1.807, 2.05) is 54.8 Å². The molecule has 0 N–H and O–H groups in total. The first-order valence-electron chi connectivity index (χ1n) is 9.15. The Morgan fingerprint density at radius 3 is 2.48 bits per heavy atom. The van der Waals surface area contributed by atoms with Gasteiger partial charge in [0, 0.05) is 31.8 Å². The molecular formula is C20H28N2O3. The molecule has 2 heterocycles. The molecule has 1 aromatic carbocycles. The van der Waals surface area contributed by atoms with Crippen LogP contribution in [-0.4, -0.2) is 60.0 Å². The van der Waals surface area contributed by atoms with Gasteiger partial charge in [0.25, 0.3) is 11.8 Å². The molecule has 136 valence electrons. The van der Waals surface area contributed by atoms with Gasteiger partial charge in [0.05, 0.1) is 6.04 Å². The van der Waals surface area contributed by atoms with Crippen LogP contribution in [0.5, 0.6) is 0 Å². The molecule has 0 spiro atoms. The average Bonchev–Trinajstić information content (AvgIpc) is 2.59. The fraction of sp³-hybridized carbons (Fsp3) is 0.600. The summed E-state index contributed by atoms with van der Waals surface area (Å²) >= 11 is 0. The van der Waals surface area contributed by atoms with Crippen LogP contribution in [0.3, 0.4) is 0 Å². The molecule has 0 radical (unpaired) electrons. The van der Waals surface area contributed by atoms with Crippen molar-refractivity contribution in [2.45, 2.75) is 51.8 Å². The number of hydrogen-bond donors (Lipinski definition) is 0. The number of ether oxygens (including phenoxy) is 1. The van der Waals surface area contributed by atoms with E-state index in [0.29, 0.717) is 5.92 Å². The number of nitrogens with zero attached hydrogens (tertiary/aromatic N) is 2. The van der Waals surface area contributed by atoms with Crippen LogP contribution in [0, 0.1) is 12.8 Å². The number of carbonyl (C=O) groups is 2. The third kappa shape index (κ3) is 3.30. The van der Waals surface area contributed by atoms with Crippen LogP contribution in [0.25, 0.3) is 0 Å². The highest BCUT2D eigenvalue weighted by Crippen LogP contribution is 2.36. The van der Waals surface area contributed by atoms with E-state index in [1.54, 1.807) is 7.11 Å². The number of carbonyl (C=O) groups excluding carboxylic acids is 2. The maximum absolute atomic E-state index is 12.7. The Hall–Kier alpha value is -1.88. The van der Waals surface area contributed by atoms with Gasteiger partial charge in [-0.3, -0.25) is 9.59 Å². The zero-order valence-corrected chi connectivity index (χ0v) is 15.6. The lowest BCUT2D eigenvalue weighted by atomic mass is 9.79. The number of β-lactam (4-membered cyclic amide) rings is 1. The van der Waals surface area contributed by atoms with Gasteiger partial charge in [-0.25, -0.2) is 0 Å². The second kappa shape index (κ2) is 7.16. The summed E-state index contributed by atoms with van der Waals surface area (Å²) in [6.45, 7) is 7.58. The molecule has 0 unspecified atom stereocenters. The molecular weight excluding hydrogens is 316 g/mol. The van der Waals surface area contributed by atoms with Crippen molar-refractivity contribution in [3.8, 4) is 0 Å². The van der Waals surface area contributed by atoms with Crippen LogP contribution in [0.4, 0.5) is 0 Å². The van der Waals surface area contributed by atoms with Crippen LogP contribution in [0.1, 0.15) is 42.6 Å². The summed E-state index contributed by atoms with van der Waals surface area (Å²) < 4.78 is 5.43. The molecule has 0 aliphatic carbocycles. The second-order valence-corrected chi connectivity index (χ2v) is 7.49. The molecule has 3 rings (SSSR count). The molecule has 2 aliphatic rings. The minimum absolute atomic E-state index is 0.0979. The SMILES string of the molecule is CO[C@H]1C(=O)N(C(C)C)[C@H]1C1CCN(C(=O)c2cccc(C)c2)CC1.